The van der Waals surface area contributed by atoms with Crippen molar-refractivity contribution in [3.05, 3.63) is 11.8 Å². The number of esters is 1. The van der Waals surface area contributed by atoms with Gasteiger partial charge in [-0.3, -0.25) is 0 Å². The number of nitrogens with zero attached hydrogens (tertiary/aromatic N) is 1. The van der Waals surface area contributed by atoms with Crippen LogP contribution in [0.1, 0.15) is 2.85 Å². The van der Waals surface area contributed by atoms with E-state index in [0.717, 1.165) is 0 Å². The van der Waals surface area contributed by atoms with E-state index in [-0.39, 0.29) is 32.4 Å². The van der Waals surface area contributed by atoms with Gasteiger partial charge in [0.05, 0.1) is 6.07 Å². The van der Waals surface area contributed by atoms with Crippen molar-refractivity contribution in [2.75, 3.05) is 0 Å². The fourth-order valence-electron chi connectivity index (χ4n) is 0.221. The van der Waals surface area contributed by atoms with Gasteiger partial charge in [-0.25, -0.2) is 4.79 Å². The first-order valence-electron chi connectivity index (χ1n) is 2.16. The summed E-state index contributed by atoms with van der Waals surface area (Å²) < 4.78 is 3.81. The third kappa shape index (κ3) is 5.50. The first kappa shape index (κ1) is 12.7. The summed E-state index contributed by atoms with van der Waals surface area (Å²) in [7, 11) is 0. The van der Waals surface area contributed by atoms with Gasteiger partial charge < -0.3 is 9.84 Å². The first-order valence-corrected chi connectivity index (χ1v) is 2.16. The quantitative estimate of drug-likeness (QED) is 0.0998. The summed E-state index contributed by atoms with van der Waals surface area (Å²) in [6.07, 6.45) is 6.54. The Balaban J connectivity index is -0.000000135. The Hall–Kier alpha value is -0.940. The summed E-state index contributed by atoms with van der Waals surface area (Å²) in [6, 6.07) is 1.36. The van der Waals surface area contributed by atoms with Gasteiger partial charge in [0.25, 0.3) is 0 Å². The molecule has 54 valence electrons. The number of allylic oxidation sites excluding steroid dienone is 1. The zero-order chi connectivity index (χ0) is 7.98. The largest absolute Gasteiger partial charge is 1.00 e. The van der Waals surface area contributed by atoms with E-state index < -0.39 is 11.7 Å². The van der Waals surface area contributed by atoms with Crippen LogP contribution in [0.25, 0.3) is 0 Å². The molecule has 0 aromatic carbocycles. The molecule has 0 aromatic rings. The Bertz CT molecular complexity index is 254. The number of ether oxygens (including phenoxy) is 1. The number of carbonyl (C=O) groups is 1. The second kappa shape index (κ2) is 7.17. The third-order valence-corrected chi connectivity index (χ3v) is 0.548. The van der Waals surface area contributed by atoms with Gasteiger partial charge in [-0.05, 0) is 5.76 Å². The summed E-state index contributed by atoms with van der Waals surface area (Å²) in [5, 5.41) is 18.2. The number of nitriles is 1. The number of terminal acetylenes is 1. The van der Waals surface area contributed by atoms with E-state index in [4.69, 9.17) is 5.26 Å². The molecule has 0 aromatic heterocycles. The van der Waals surface area contributed by atoms with E-state index in [0.29, 0.717) is 6.08 Å². The topological polar surface area (TPSA) is 73.2 Å². The normalized spacial score (nSPS) is 8.36. The monoisotopic (exact) mass is 163 g/mol. The number of hydrogen-bond donors (Lipinski definition) is 0. The van der Waals surface area contributed by atoms with Gasteiger partial charge in [-0.2, -0.15) is 5.26 Å². The van der Waals surface area contributed by atoms with Crippen molar-refractivity contribution < 1.29 is 47.0 Å². The third-order valence-electron chi connectivity index (χ3n) is 0.548. The SMILES string of the molecule is C#COC(=O)/C([O-])=C\C#N.[HH].[HH].[Na+]. The predicted octanol–water partition coefficient (Wildman–Crippen LogP) is -3.62. The van der Waals surface area contributed by atoms with Crippen LogP contribution in [0.2, 0.25) is 0 Å². The van der Waals surface area contributed by atoms with Crippen LogP contribution in [-0.4, -0.2) is 5.97 Å². The molecule has 0 aliphatic rings. The van der Waals surface area contributed by atoms with Gasteiger partial charge in [0, 0.05) is 8.93 Å². The molecular weight excluding hydrogens is 157 g/mol. The number of hydrogen-bond acceptors (Lipinski definition) is 4. The molecule has 0 saturated heterocycles. The molecule has 0 amide bonds. The van der Waals surface area contributed by atoms with Crippen molar-refractivity contribution in [1.29, 1.82) is 5.26 Å². The molecular formula is C6H6NNaO3. The molecule has 0 unspecified atom stereocenters. The molecule has 0 fully saturated rings. The Morgan fingerprint density at radius 1 is 1.82 bits per heavy atom. The summed E-state index contributed by atoms with van der Waals surface area (Å²) in [4.78, 5) is 10.2. The first-order chi connectivity index (χ1) is 4.72. The van der Waals surface area contributed by atoms with Crippen LogP contribution in [0.3, 0.4) is 0 Å². The average Bonchev–Trinajstić information content (AvgIpc) is 1.89. The van der Waals surface area contributed by atoms with Crippen molar-refractivity contribution in [1.82, 2.24) is 0 Å². The van der Waals surface area contributed by atoms with Crippen molar-refractivity contribution in [3.8, 4) is 18.6 Å². The Morgan fingerprint density at radius 3 is 2.73 bits per heavy atom. The van der Waals surface area contributed by atoms with Gasteiger partial charge in [0.15, 0.2) is 0 Å². The van der Waals surface area contributed by atoms with E-state index >= 15 is 0 Å². The average molecular weight is 163 g/mol. The second-order valence-electron chi connectivity index (χ2n) is 1.15. The number of carbonyl (C=O) groups excluding carboxylic acids is 1. The molecule has 0 aliphatic carbocycles. The molecule has 0 atom stereocenters. The predicted molar refractivity (Wildman–Crippen MR) is 32.8 cm³/mol. The summed E-state index contributed by atoms with van der Waals surface area (Å²) in [5.74, 6) is -2.27. The molecule has 0 saturated carbocycles. The number of rotatable bonds is 1. The molecule has 11 heavy (non-hydrogen) atoms. The van der Waals surface area contributed by atoms with Crippen LogP contribution in [-0.2, 0) is 9.53 Å². The van der Waals surface area contributed by atoms with E-state index in [9.17, 15) is 9.90 Å². The molecule has 0 radical (unpaired) electrons. The summed E-state index contributed by atoms with van der Waals surface area (Å²) in [6.45, 7) is 0. The van der Waals surface area contributed by atoms with Gasteiger partial charge in [-0.15, -0.1) is 0 Å². The van der Waals surface area contributed by atoms with E-state index in [2.05, 4.69) is 11.2 Å². The van der Waals surface area contributed by atoms with Crippen molar-refractivity contribution in [2.45, 2.75) is 0 Å². The van der Waals surface area contributed by atoms with Gasteiger partial charge >= 0.3 is 35.5 Å². The molecule has 0 bridgehead atoms. The molecule has 5 heteroatoms. The summed E-state index contributed by atoms with van der Waals surface area (Å²) >= 11 is 0. The van der Waals surface area contributed by atoms with Crippen LogP contribution in [0.15, 0.2) is 11.8 Å². The Morgan fingerprint density at radius 2 is 2.36 bits per heavy atom. The molecule has 0 heterocycles. The minimum absolute atomic E-state index is 0. The van der Waals surface area contributed by atoms with Crippen molar-refractivity contribution >= 4 is 5.97 Å². The minimum atomic E-state index is -1.22. The maximum atomic E-state index is 10.3. The zero-order valence-electron chi connectivity index (χ0n) is 5.83. The van der Waals surface area contributed by atoms with Gasteiger partial charge in [-0.1, -0.05) is 6.42 Å². The van der Waals surface area contributed by atoms with Crippen LogP contribution < -0.4 is 34.7 Å². The maximum Gasteiger partial charge on any atom is 1.00 e. The van der Waals surface area contributed by atoms with Crippen LogP contribution in [0, 0.1) is 23.9 Å². The van der Waals surface area contributed by atoms with E-state index in [1.807, 2.05) is 0 Å². The van der Waals surface area contributed by atoms with Crippen LogP contribution in [0.4, 0.5) is 0 Å². The van der Waals surface area contributed by atoms with Gasteiger partial charge in [0.2, 0.25) is 0 Å². The Labute approximate surface area is 88.7 Å². The zero-order valence-corrected chi connectivity index (χ0v) is 7.83. The molecule has 0 spiro atoms. The summed E-state index contributed by atoms with van der Waals surface area (Å²) in [5.41, 5.74) is 0. The van der Waals surface area contributed by atoms with Crippen molar-refractivity contribution in [2.24, 2.45) is 0 Å². The molecule has 0 aliphatic heterocycles. The smallest absolute Gasteiger partial charge is 0.867 e. The standard InChI is InChI=1S/C6H3NO3.Na.2H2/c1-2-10-6(9)5(8)3-4-7;;;/h1,3,8H;;2*1H/q;+1;;/p-1/b5-3+;;;. The van der Waals surface area contributed by atoms with E-state index in [1.54, 1.807) is 0 Å². The fraction of sp³-hybridized carbons (Fsp3) is 0. The fourth-order valence-corrected chi connectivity index (χ4v) is 0.221. The Kier molecular flexibility index (Phi) is 8.29. The van der Waals surface area contributed by atoms with Gasteiger partial charge in [0.1, 0.15) is 6.11 Å². The molecule has 4 nitrogen and oxygen atoms in total. The van der Waals surface area contributed by atoms with Crippen molar-refractivity contribution in [3.63, 3.8) is 0 Å². The molecule has 0 N–H and O–H groups in total. The second-order valence-corrected chi connectivity index (χ2v) is 1.15. The van der Waals surface area contributed by atoms with Crippen LogP contribution >= 0.6 is 0 Å². The van der Waals surface area contributed by atoms with Crippen LogP contribution in [0.5, 0.6) is 0 Å². The maximum absolute atomic E-state index is 10.3. The molecule has 0 rings (SSSR count). The minimum Gasteiger partial charge on any atom is -0.867 e. The van der Waals surface area contributed by atoms with E-state index in [1.165, 1.54) is 12.2 Å².